The number of unbranched alkanes of at least 4 members (excludes halogenated alkanes) is 1. The lowest BCUT2D eigenvalue weighted by Crippen LogP contribution is -2.22. The topological polar surface area (TPSA) is 89.9 Å². The lowest BCUT2D eigenvalue weighted by Gasteiger charge is -2.12. The summed E-state index contributed by atoms with van der Waals surface area (Å²) in [6.07, 6.45) is 1.02. The Kier molecular flexibility index (Phi) is 11.9. The second-order valence-electron chi connectivity index (χ2n) is 4.45. The third-order valence-corrected chi connectivity index (χ3v) is 2.87. The van der Waals surface area contributed by atoms with E-state index in [9.17, 15) is 14.4 Å². The highest BCUT2D eigenvalue weighted by Gasteiger charge is 2.17. The first-order chi connectivity index (χ1) is 8.88. The van der Waals surface area contributed by atoms with Crippen LogP contribution in [-0.4, -0.2) is 42.6 Å². The molecule has 0 saturated heterocycles. The van der Waals surface area contributed by atoms with Gasteiger partial charge in [0.05, 0.1) is 13.0 Å². The van der Waals surface area contributed by atoms with Gasteiger partial charge in [-0.05, 0) is 33.1 Å². The van der Waals surface area contributed by atoms with Gasteiger partial charge in [0.15, 0.2) is 6.10 Å². The Balaban J connectivity index is -0.00000162. The zero-order valence-electron chi connectivity index (χ0n) is 11.7. The van der Waals surface area contributed by atoms with E-state index in [0.29, 0.717) is 19.3 Å². The number of ether oxygens (including phenoxy) is 2. The maximum atomic E-state index is 11.2. The predicted octanol–water partition coefficient (Wildman–Crippen LogP) is 2.30. The molecule has 0 aromatic heterocycles. The van der Waals surface area contributed by atoms with Gasteiger partial charge < -0.3 is 14.6 Å². The van der Waals surface area contributed by atoms with Gasteiger partial charge in [-0.3, -0.25) is 9.59 Å². The first-order valence-electron chi connectivity index (χ1n) is 6.30. The predicted molar refractivity (Wildman–Crippen MR) is 76.5 cm³/mol. The summed E-state index contributed by atoms with van der Waals surface area (Å²) in [5.74, 6) is -1.96. The number of esters is 1. The van der Waals surface area contributed by atoms with Crippen LogP contribution in [0.5, 0.6) is 0 Å². The van der Waals surface area contributed by atoms with Crippen molar-refractivity contribution in [1.82, 2.24) is 0 Å². The van der Waals surface area contributed by atoms with E-state index in [1.807, 2.05) is 0 Å². The van der Waals surface area contributed by atoms with Crippen LogP contribution in [0, 0.1) is 5.92 Å². The van der Waals surface area contributed by atoms with Gasteiger partial charge in [-0.2, -0.15) is 0 Å². The molecule has 0 aromatic rings. The molecule has 0 radical (unpaired) electrons. The maximum absolute atomic E-state index is 11.2. The summed E-state index contributed by atoms with van der Waals surface area (Å²) < 4.78 is 9.75. The van der Waals surface area contributed by atoms with Crippen LogP contribution in [0.1, 0.15) is 48.4 Å². The van der Waals surface area contributed by atoms with Gasteiger partial charge in [-0.1, -0.05) is 7.43 Å². The number of rotatable bonds is 10. The molecule has 6 heteroatoms. The van der Waals surface area contributed by atoms with Crippen molar-refractivity contribution in [3.63, 3.8) is 0 Å². The van der Waals surface area contributed by atoms with Crippen LogP contribution in [0.4, 0.5) is 0 Å². The molecule has 0 bridgehead atoms. The van der Waals surface area contributed by atoms with Gasteiger partial charge in [0, 0.05) is 14.5 Å². The minimum Gasteiger partial charge on any atom is -0.481 e. The van der Waals surface area contributed by atoms with E-state index in [-0.39, 0.29) is 27.7 Å². The number of hydrogen-bond donors (Lipinski definition) is 1. The lowest BCUT2D eigenvalue weighted by atomic mass is 9.95. The van der Waals surface area contributed by atoms with E-state index < -0.39 is 24.0 Å². The summed E-state index contributed by atoms with van der Waals surface area (Å²) >= 11 is 0. The molecule has 0 aliphatic rings. The van der Waals surface area contributed by atoms with E-state index in [0.717, 1.165) is 0 Å². The SMILES string of the molecule is C.COC(C)C(=O)OCCCCC(CC(=O)O)C(C)=O.[2HH]. The van der Waals surface area contributed by atoms with E-state index in [2.05, 4.69) is 0 Å². The van der Waals surface area contributed by atoms with Crippen LogP contribution in [-0.2, 0) is 23.9 Å². The van der Waals surface area contributed by atoms with Gasteiger partial charge in [0.25, 0.3) is 0 Å². The van der Waals surface area contributed by atoms with Crippen LogP contribution in [0.3, 0.4) is 0 Å². The maximum Gasteiger partial charge on any atom is 0.334 e. The van der Waals surface area contributed by atoms with Crippen molar-refractivity contribution in [2.75, 3.05) is 13.7 Å². The molecule has 2 unspecified atom stereocenters. The second-order valence-corrected chi connectivity index (χ2v) is 4.45. The van der Waals surface area contributed by atoms with Gasteiger partial charge in [0.1, 0.15) is 5.78 Å². The summed E-state index contributed by atoms with van der Waals surface area (Å²) in [5.41, 5.74) is 0. The van der Waals surface area contributed by atoms with Gasteiger partial charge in [-0.25, -0.2) is 4.79 Å². The third kappa shape index (κ3) is 9.49. The summed E-state index contributed by atoms with van der Waals surface area (Å²) in [6, 6.07) is 0. The van der Waals surface area contributed by atoms with Crippen molar-refractivity contribution >= 4 is 17.7 Å². The number of carboxylic acid groups (broad SMARTS) is 1. The van der Waals surface area contributed by atoms with E-state index in [1.54, 1.807) is 6.92 Å². The number of carbonyl (C=O) groups excluding carboxylic acids is 2. The summed E-state index contributed by atoms with van der Waals surface area (Å²) in [4.78, 5) is 33.0. The molecule has 0 aromatic carbocycles. The fourth-order valence-electron chi connectivity index (χ4n) is 1.54. The van der Waals surface area contributed by atoms with Crippen LogP contribution >= 0.6 is 0 Å². The average molecular weight is 293 g/mol. The number of carboxylic acids is 1. The molecule has 0 heterocycles. The molecular weight excluding hydrogens is 264 g/mol. The Morgan fingerprint density at radius 3 is 2.30 bits per heavy atom. The fraction of sp³-hybridized carbons (Fsp3) is 0.786. The number of aliphatic carboxylic acids is 1. The number of ketones is 1. The Morgan fingerprint density at radius 2 is 1.85 bits per heavy atom. The summed E-state index contributed by atoms with van der Waals surface area (Å²) in [7, 11) is 1.43. The average Bonchev–Trinajstić information content (AvgIpc) is 2.34. The van der Waals surface area contributed by atoms with Crippen molar-refractivity contribution in [2.45, 2.75) is 53.1 Å². The molecule has 0 saturated carbocycles. The molecule has 2 atom stereocenters. The first kappa shape index (κ1) is 20.9. The molecule has 120 valence electrons. The highest BCUT2D eigenvalue weighted by atomic mass is 16.6. The summed E-state index contributed by atoms with van der Waals surface area (Å²) in [6.45, 7) is 3.25. The number of Topliss-reactive ketones (excluding diaryl/α,β-unsaturated/α-hetero) is 1. The first-order valence-corrected chi connectivity index (χ1v) is 6.30. The van der Waals surface area contributed by atoms with Crippen molar-refractivity contribution in [3.05, 3.63) is 0 Å². The van der Waals surface area contributed by atoms with Crippen LogP contribution < -0.4 is 0 Å². The minimum absolute atomic E-state index is 0. The number of methoxy groups -OCH3 is 1. The highest BCUT2D eigenvalue weighted by molar-refractivity contribution is 5.82. The van der Waals surface area contributed by atoms with Crippen LogP contribution in [0.2, 0.25) is 0 Å². The van der Waals surface area contributed by atoms with Gasteiger partial charge in [-0.15, -0.1) is 0 Å². The van der Waals surface area contributed by atoms with Crippen molar-refractivity contribution in [2.24, 2.45) is 5.92 Å². The lowest BCUT2D eigenvalue weighted by molar-refractivity contribution is -0.154. The van der Waals surface area contributed by atoms with Crippen LogP contribution in [0.25, 0.3) is 0 Å². The number of carbonyl (C=O) groups is 3. The molecular formula is C14H28O6. The zero-order valence-corrected chi connectivity index (χ0v) is 11.7. The molecule has 0 spiro atoms. The molecule has 0 rings (SSSR count). The zero-order chi connectivity index (χ0) is 14.8. The Bertz CT molecular complexity index is 319. The van der Waals surface area contributed by atoms with E-state index >= 15 is 0 Å². The molecule has 0 aliphatic carbocycles. The van der Waals surface area contributed by atoms with E-state index in [4.69, 9.17) is 14.6 Å². The molecule has 6 nitrogen and oxygen atoms in total. The third-order valence-electron chi connectivity index (χ3n) is 2.87. The monoisotopic (exact) mass is 293 g/mol. The van der Waals surface area contributed by atoms with Crippen molar-refractivity contribution in [3.8, 4) is 0 Å². The smallest absolute Gasteiger partial charge is 0.334 e. The minimum atomic E-state index is -0.972. The quantitative estimate of drug-likeness (QED) is 0.491. The van der Waals surface area contributed by atoms with Gasteiger partial charge >= 0.3 is 11.9 Å². The van der Waals surface area contributed by atoms with Gasteiger partial charge in [0.2, 0.25) is 0 Å². The standard InChI is InChI=1S/C13H22O6.CH4.H2/c1-9(14)11(8-12(15)16)6-4-5-7-19-13(17)10(2)18-3;;/h10-11H,4-8H2,1-3H3,(H,15,16);1H4;1H/i;;1+1. The molecule has 0 fully saturated rings. The summed E-state index contributed by atoms with van der Waals surface area (Å²) in [5, 5.41) is 8.66. The molecule has 1 N–H and O–H groups in total. The molecule has 0 amide bonds. The Morgan fingerprint density at radius 1 is 1.25 bits per heavy atom. The van der Waals surface area contributed by atoms with Crippen LogP contribution in [0.15, 0.2) is 0 Å². The second kappa shape index (κ2) is 11.4. The Labute approximate surface area is 121 Å². The highest BCUT2D eigenvalue weighted by Crippen LogP contribution is 2.14. The Hall–Kier alpha value is -1.43. The molecule has 20 heavy (non-hydrogen) atoms. The van der Waals surface area contributed by atoms with Crippen molar-refractivity contribution < 1.29 is 30.4 Å². The molecule has 0 aliphatic heterocycles. The fourth-order valence-corrected chi connectivity index (χ4v) is 1.54. The van der Waals surface area contributed by atoms with E-state index in [1.165, 1.54) is 14.0 Å². The van der Waals surface area contributed by atoms with Crippen molar-refractivity contribution in [1.29, 1.82) is 0 Å². The largest absolute Gasteiger partial charge is 0.481 e. The number of hydrogen-bond acceptors (Lipinski definition) is 5. The normalized spacial score (nSPS) is 12.9.